The van der Waals surface area contributed by atoms with E-state index in [-0.39, 0.29) is 9.79 Å². The van der Waals surface area contributed by atoms with Crippen molar-refractivity contribution in [2.24, 2.45) is 0 Å². The summed E-state index contributed by atoms with van der Waals surface area (Å²) in [7, 11) is -4.12. The lowest BCUT2D eigenvalue weighted by Crippen LogP contribution is -2.07. The van der Waals surface area contributed by atoms with Crippen LogP contribution in [-0.2, 0) is 9.84 Å². The lowest BCUT2D eigenvalue weighted by atomic mass is 9.86. The van der Waals surface area contributed by atoms with Gasteiger partial charge < -0.3 is 0 Å². The standard InChI is InChI=1S/C49H31N3O2S/c53-55(54)45-26-14-13-25-42(45)40-24-12-11-22-38(40)37-21-9-10-23-39(37)41-29-28-35(31-44(41)43-30-27-32-15-7-8-20-36(32)46(43)55)49-51-47(33-16-3-1-4-17-33)50-48(52-49)34-18-5-2-6-19-34/h1-31H. The molecule has 55 heavy (non-hydrogen) atoms. The molecular weight excluding hydrogens is 695 g/mol. The molecule has 0 aliphatic carbocycles. The minimum atomic E-state index is -4.12. The largest absolute Gasteiger partial charge is 0.218 e. The van der Waals surface area contributed by atoms with Crippen LogP contribution >= 0.6 is 0 Å². The Morgan fingerprint density at radius 2 is 0.764 bits per heavy atom. The fourth-order valence-electron chi connectivity index (χ4n) is 7.76. The highest BCUT2D eigenvalue weighted by atomic mass is 32.2. The van der Waals surface area contributed by atoms with E-state index in [1.807, 2.05) is 152 Å². The van der Waals surface area contributed by atoms with Gasteiger partial charge in [0.25, 0.3) is 0 Å². The molecule has 8 aromatic carbocycles. The molecule has 0 fully saturated rings. The third kappa shape index (κ3) is 5.54. The maximum absolute atomic E-state index is 15.5. The number of aromatic nitrogens is 3. The van der Waals surface area contributed by atoms with Gasteiger partial charge in [-0.3, -0.25) is 0 Å². The molecule has 0 unspecified atom stereocenters. The average molecular weight is 726 g/mol. The van der Waals surface area contributed by atoms with Crippen molar-refractivity contribution in [3.8, 4) is 78.7 Å². The molecule has 0 spiro atoms. The van der Waals surface area contributed by atoms with E-state index in [0.29, 0.717) is 34.0 Å². The second-order valence-electron chi connectivity index (χ2n) is 13.6. The molecular formula is C49H31N3O2S. The van der Waals surface area contributed by atoms with Crippen molar-refractivity contribution in [2.45, 2.75) is 9.79 Å². The van der Waals surface area contributed by atoms with E-state index in [1.165, 1.54) is 0 Å². The molecule has 5 nitrogen and oxygen atoms in total. The van der Waals surface area contributed by atoms with Gasteiger partial charge in [0.05, 0.1) is 9.79 Å². The maximum Gasteiger partial charge on any atom is 0.208 e. The van der Waals surface area contributed by atoms with Crippen molar-refractivity contribution in [3.63, 3.8) is 0 Å². The van der Waals surface area contributed by atoms with Crippen LogP contribution in [0.25, 0.3) is 89.4 Å². The van der Waals surface area contributed by atoms with E-state index in [4.69, 9.17) is 15.0 Å². The predicted molar refractivity (Wildman–Crippen MR) is 221 cm³/mol. The Balaban J connectivity index is 1.33. The summed E-state index contributed by atoms with van der Waals surface area (Å²) >= 11 is 0. The van der Waals surface area contributed by atoms with E-state index < -0.39 is 9.84 Å². The van der Waals surface area contributed by atoms with Crippen molar-refractivity contribution in [2.75, 3.05) is 0 Å². The van der Waals surface area contributed by atoms with Crippen LogP contribution in [0.1, 0.15) is 0 Å². The summed E-state index contributed by atoms with van der Waals surface area (Å²) in [5, 5.41) is 1.50. The average Bonchev–Trinajstić information content (AvgIpc) is 3.26. The SMILES string of the molecule is O=S1(=O)c2ccccc2-c2ccccc2-c2ccccc2-c2ccc(-c3nc(-c4ccccc4)nc(-c4ccccc4)n3)cc2-c2ccc3ccccc3c21. The topological polar surface area (TPSA) is 72.8 Å². The second kappa shape index (κ2) is 13.1. The number of fused-ring (bicyclic) bond motifs is 11. The van der Waals surface area contributed by atoms with Crippen LogP contribution in [0.2, 0.25) is 0 Å². The van der Waals surface area contributed by atoms with Gasteiger partial charge in [-0.25, -0.2) is 23.4 Å². The fraction of sp³-hybridized carbons (Fsp3) is 0. The number of nitrogens with zero attached hydrogens (tertiary/aromatic N) is 3. The molecule has 0 N–H and O–H groups in total. The molecule has 0 bridgehead atoms. The van der Waals surface area contributed by atoms with Crippen LogP contribution in [0.5, 0.6) is 0 Å². The Kier molecular flexibility index (Phi) is 7.79. The summed E-state index contributed by atoms with van der Waals surface area (Å²) in [5.41, 5.74) is 9.17. The van der Waals surface area contributed by atoms with Crippen molar-refractivity contribution in [1.82, 2.24) is 15.0 Å². The first-order valence-corrected chi connectivity index (χ1v) is 19.6. The lowest BCUT2D eigenvalue weighted by molar-refractivity contribution is 0.597. The zero-order chi connectivity index (χ0) is 36.9. The molecule has 0 radical (unpaired) electrons. The molecule has 0 amide bonds. The third-order valence-corrected chi connectivity index (χ3v) is 12.2. The molecule has 260 valence electrons. The van der Waals surface area contributed by atoms with Gasteiger partial charge in [-0.05, 0) is 50.9 Å². The zero-order valence-electron chi connectivity index (χ0n) is 29.5. The van der Waals surface area contributed by atoms with Crippen LogP contribution in [0.4, 0.5) is 0 Å². The van der Waals surface area contributed by atoms with Crippen molar-refractivity contribution < 1.29 is 8.42 Å². The van der Waals surface area contributed by atoms with Gasteiger partial charge in [-0.15, -0.1) is 0 Å². The van der Waals surface area contributed by atoms with Crippen LogP contribution in [0.15, 0.2) is 198 Å². The molecule has 6 heteroatoms. The van der Waals surface area contributed by atoms with E-state index in [9.17, 15) is 0 Å². The molecule has 10 rings (SSSR count). The van der Waals surface area contributed by atoms with Crippen LogP contribution in [-0.4, -0.2) is 23.4 Å². The van der Waals surface area contributed by atoms with Gasteiger partial charge >= 0.3 is 0 Å². The van der Waals surface area contributed by atoms with E-state index in [0.717, 1.165) is 55.5 Å². The van der Waals surface area contributed by atoms with Crippen molar-refractivity contribution >= 4 is 20.6 Å². The van der Waals surface area contributed by atoms with Gasteiger partial charge in [-0.1, -0.05) is 176 Å². The highest BCUT2D eigenvalue weighted by Gasteiger charge is 2.31. The third-order valence-electron chi connectivity index (χ3n) is 10.3. The van der Waals surface area contributed by atoms with E-state index in [1.54, 1.807) is 12.1 Å². The van der Waals surface area contributed by atoms with Crippen molar-refractivity contribution in [1.29, 1.82) is 0 Å². The molecule has 1 aromatic heterocycles. The molecule has 9 aromatic rings. The minimum absolute atomic E-state index is 0.259. The number of hydrogen-bond donors (Lipinski definition) is 0. The summed E-state index contributed by atoms with van der Waals surface area (Å²) in [6.07, 6.45) is 0. The summed E-state index contributed by atoms with van der Waals surface area (Å²) in [6, 6.07) is 61.3. The Morgan fingerprint density at radius 1 is 0.327 bits per heavy atom. The first-order chi connectivity index (χ1) is 27.0. The molecule has 2 heterocycles. The highest BCUT2D eigenvalue weighted by Crippen LogP contribution is 2.48. The monoisotopic (exact) mass is 725 g/mol. The van der Waals surface area contributed by atoms with Crippen LogP contribution in [0, 0.1) is 0 Å². The van der Waals surface area contributed by atoms with Gasteiger partial charge in [-0.2, -0.15) is 0 Å². The van der Waals surface area contributed by atoms with E-state index in [2.05, 4.69) is 24.3 Å². The Labute approximate surface area is 319 Å². The lowest BCUT2D eigenvalue weighted by Gasteiger charge is -2.19. The van der Waals surface area contributed by atoms with Gasteiger partial charge in [0, 0.05) is 33.2 Å². The van der Waals surface area contributed by atoms with Crippen molar-refractivity contribution in [3.05, 3.63) is 188 Å². The number of sulfone groups is 1. The first kappa shape index (κ1) is 32.6. The van der Waals surface area contributed by atoms with Crippen LogP contribution < -0.4 is 0 Å². The summed E-state index contributed by atoms with van der Waals surface area (Å²) < 4.78 is 31.0. The quantitative estimate of drug-likeness (QED) is 0.181. The molecule has 0 atom stereocenters. The Bertz CT molecular complexity index is 3000. The van der Waals surface area contributed by atoms with Gasteiger partial charge in [0.1, 0.15) is 0 Å². The normalized spacial score (nSPS) is 12.7. The molecule has 0 saturated carbocycles. The smallest absolute Gasteiger partial charge is 0.208 e. The minimum Gasteiger partial charge on any atom is -0.218 e. The molecule has 1 aliphatic rings. The van der Waals surface area contributed by atoms with Gasteiger partial charge in [0.15, 0.2) is 17.5 Å². The summed E-state index contributed by atoms with van der Waals surface area (Å²) in [5.74, 6) is 1.58. The Hall–Kier alpha value is -7.02. The van der Waals surface area contributed by atoms with E-state index >= 15 is 8.42 Å². The second-order valence-corrected chi connectivity index (χ2v) is 15.4. The summed E-state index contributed by atoms with van der Waals surface area (Å²) in [6.45, 7) is 0. The fourth-order valence-corrected chi connectivity index (χ4v) is 9.65. The first-order valence-electron chi connectivity index (χ1n) is 18.1. The zero-order valence-corrected chi connectivity index (χ0v) is 30.3. The highest BCUT2D eigenvalue weighted by molar-refractivity contribution is 7.92. The molecule has 1 aliphatic heterocycles. The number of rotatable bonds is 3. The summed E-state index contributed by atoms with van der Waals surface area (Å²) in [4.78, 5) is 15.5. The number of benzene rings is 8. The molecule has 0 saturated heterocycles. The number of hydrogen-bond acceptors (Lipinski definition) is 5. The predicted octanol–water partition coefficient (Wildman–Crippen LogP) is 11.8. The van der Waals surface area contributed by atoms with Gasteiger partial charge in [0.2, 0.25) is 9.84 Å². The van der Waals surface area contributed by atoms with Crippen LogP contribution in [0.3, 0.4) is 0 Å². The maximum atomic E-state index is 15.5. The Morgan fingerprint density at radius 3 is 1.36 bits per heavy atom.